The van der Waals surface area contributed by atoms with Gasteiger partial charge in [0.1, 0.15) is 0 Å². The molecule has 0 saturated heterocycles. The summed E-state index contributed by atoms with van der Waals surface area (Å²) in [6.45, 7) is 2.93. The van der Waals surface area contributed by atoms with Crippen molar-refractivity contribution in [2.24, 2.45) is 0 Å². The Bertz CT molecular complexity index is 1070. The molecule has 142 valence electrons. The van der Waals surface area contributed by atoms with E-state index in [1.807, 2.05) is 41.1 Å². The van der Waals surface area contributed by atoms with Crippen molar-refractivity contribution in [2.45, 2.75) is 32.7 Å². The molecule has 28 heavy (non-hydrogen) atoms. The summed E-state index contributed by atoms with van der Waals surface area (Å²) in [5, 5.41) is 3.56. The van der Waals surface area contributed by atoms with Gasteiger partial charge in [0.2, 0.25) is 0 Å². The molecule has 0 saturated carbocycles. The number of amides is 1. The summed E-state index contributed by atoms with van der Waals surface area (Å²) in [5.74, 6) is -0.139. The summed E-state index contributed by atoms with van der Waals surface area (Å²) in [7, 11) is 0. The molecule has 0 aliphatic heterocycles. The van der Waals surface area contributed by atoms with Crippen LogP contribution < -0.4 is 5.32 Å². The zero-order chi connectivity index (χ0) is 19.3. The highest BCUT2D eigenvalue weighted by Crippen LogP contribution is 2.27. The molecule has 5 nitrogen and oxygen atoms in total. The highest BCUT2D eigenvalue weighted by atomic mass is 32.1. The Morgan fingerprint density at radius 3 is 2.71 bits per heavy atom. The number of anilines is 1. The van der Waals surface area contributed by atoms with E-state index in [1.165, 1.54) is 29.7 Å². The van der Waals surface area contributed by atoms with Crippen molar-refractivity contribution in [2.75, 3.05) is 5.32 Å². The molecule has 0 spiro atoms. The molecule has 2 heterocycles. The van der Waals surface area contributed by atoms with Gasteiger partial charge in [0.15, 0.2) is 5.13 Å². The van der Waals surface area contributed by atoms with Crippen LogP contribution in [0.5, 0.6) is 0 Å². The average Bonchev–Trinajstić information content (AvgIpc) is 3.35. The number of rotatable bonds is 7. The number of nitrogens with one attached hydrogen (secondary N) is 1. The second kappa shape index (κ2) is 8.35. The molecule has 0 atom stereocenters. The van der Waals surface area contributed by atoms with E-state index in [9.17, 15) is 4.79 Å². The molecule has 4 aromatic rings. The summed E-state index contributed by atoms with van der Waals surface area (Å²) in [6, 6.07) is 14.0. The van der Waals surface area contributed by atoms with Crippen LogP contribution in [-0.4, -0.2) is 20.4 Å². The number of nitrogens with zero attached hydrogens (tertiary/aromatic N) is 3. The minimum absolute atomic E-state index is 0.139. The van der Waals surface area contributed by atoms with Crippen LogP contribution in [0.15, 0.2) is 61.2 Å². The number of aryl methyl sites for hydroxylation is 1. The summed E-state index contributed by atoms with van der Waals surface area (Å²) in [5.41, 5.74) is 3.99. The fraction of sp³-hybridized carbons (Fsp3) is 0.227. The van der Waals surface area contributed by atoms with Crippen LogP contribution in [-0.2, 0) is 13.0 Å². The fourth-order valence-corrected chi connectivity index (χ4v) is 4.01. The zero-order valence-corrected chi connectivity index (χ0v) is 16.6. The van der Waals surface area contributed by atoms with E-state index >= 15 is 0 Å². The van der Waals surface area contributed by atoms with E-state index in [0.717, 1.165) is 28.7 Å². The van der Waals surface area contributed by atoms with Crippen molar-refractivity contribution in [3.8, 4) is 0 Å². The molecule has 6 heteroatoms. The molecule has 2 aromatic heterocycles. The van der Waals surface area contributed by atoms with Crippen molar-refractivity contribution in [1.82, 2.24) is 14.5 Å². The standard InChI is InChI=1S/C22H22N4OS/c1-2-3-4-16-7-10-19-20(13-16)28-22(24-19)25-21(27)18-8-5-17(6-9-18)14-26-12-11-23-15-26/h5-13,15H,2-4,14H2,1H3,(H,24,25,27). The van der Waals surface area contributed by atoms with Crippen molar-refractivity contribution >= 4 is 32.6 Å². The van der Waals surface area contributed by atoms with Gasteiger partial charge in [-0.1, -0.05) is 42.9 Å². The molecule has 0 fully saturated rings. The van der Waals surface area contributed by atoms with Crippen LogP contribution in [0.2, 0.25) is 0 Å². The Balaban J connectivity index is 1.44. The average molecular weight is 391 g/mol. The Morgan fingerprint density at radius 1 is 1.14 bits per heavy atom. The highest BCUT2D eigenvalue weighted by molar-refractivity contribution is 7.22. The second-order valence-electron chi connectivity index (χ2n) is 6.81. The maximum absolute atomic E-state index is 12.6. The molecule has 4 rings (SSSR count). The van der Waals surface area contributed by atoms with Gasteiger partial charge in [0.05, 0.1) is 16.5 Å². The Kier molecular flexibility index (Phi) is 5.48. The number of imidazole rings is 1. The molecular weight excluding hydrogens is 368 g/mol. The zero-order valence-electron chi connectivity index (χ0n) is 15.8. The number of benzene rings is 2. The first-order valence-electron chi connectivity index (χ1n) is 9.47. The monoisotopic (exact) mass is 390 g/mol. The predicted molar refractivity (Wildman–Crippen MR) is 114 cm³/mol. The van der Waals surface area contributed by atoms with Crippen molar-refractivity contribution in [1.29, 1.82) is 0 Å². The first-order valence-corrected chi connectivity index (χ1v) is 10.3. The molecule has 1 N–H and O–H groups in total. The van der Waals surface area contributed by atoms with E-state index in [-0.39, 0.29) is 5.91 Å². The van der Waals surface area contributed by atoms with Gasteiger partial charge >= 0.3 is 0 Å². The van der Waals surface area contributed by atoms with Crippen LogP contribution in [0.3, 0.4) is 0 Å². The minimum atomic E-state index is -0.139. The lowest BCUT2D eigenvalue weighted by atomic mass is 10.1. The van der Waals surface area contributed by atoms with E-state index in [0.29, 0.717) is 10.7 Å². The third kappa shape index (κ3) is 4.28. The second-order valence-corrected chi connectivity index (χ2v) is 7.84. The van der Waals surface area contributed by atoms with E-state index < -0.39 is 0 Å². The smallest absolute Gasteiger partial charge is 0.257 e. The van der Waals surface area contributed by atoms with Crippen LogP contribution in [0.4, 0.5) is 5.13 Å². The number of hydrogen-bond acceptors (Lipinski definition) is 4. The lowest BCUT2D eigenvalue weighted by Crippen LogP contribution is -2.11. The van der Waals surface area contributed by atoms with E-state index in [4.69, 9.17) is 0 Å². The van der Waals surface area contributed by atoms with Gasteiger partial charge in [0, 0.05) is 24.5 Å². The van der Waals surface area contributed by atoms with Gasteiger partial charge < -0.3 is 4.57 Å². The van der Waals surface area contributed by atoms with Gasteiger partial charge in [-0.05, 0) is 48.2 Å². The van der Waals surface area contributed by atoms with Gasteiger partial charge in [0.25, 0.3) is 5.91 Å². The van der Waals surface area contributed by atoms with Crippen LogP contribution in [0.1, 0.15) is 41.3 Å². The Morgan fingerprint density at radius 2 is 1.96 bits per heavy atom. The van der Waals surface area contributed by atoms with E-state index in [2.05, 4.69) is 34.3 Å². The maximum Gasteiger partial charge on any atom is 0.257 e. The van der Waals surface area contributed by atoms with Crippen LogP contribution in [0, 0.1) is 0 Å². The topological polar surface area (TPSA) is 59.8 Å². The first-order chi connectivity index (χ1) is 13.7. The number of thiazole rings is 1. The lowest BCUT2D eigenvalue weighted by molar-refractivity contribution is 0.102. The number of carbonyl (C=O) groups excluding carboxylic acids is 1. The SMILES string of the molecule is CCCCc1ccc2nc(NC(=O)c3ccc(Cn4ccnc4)cc3)sc2c1. The fourth-order valence-electron chi connectivity index (χ4n) is 3.08. The summed E-state index contributed by atoms with van der Waals surface area (Å²) < 4.78 is 3.10. The maximum atomic E-state index is 12.6. The van der Waals surface area contributed by atoms with Crippen molar-refractivity contribution < 1.29 is 4.79 Å². The molecule has 0 unspecified atom stereocenters. The normalized spacial score (nSPS) is 11.0. The number of unbranched alkanes of at least 4 members (excludes halogenated alkanes) is 1. The van der Waals surface area contributed by atoms with E-state index in [1.54, 1.807) is 12.5 Å². The molecule has 1 amide bonds. The third-order valence-corrected chi connectivity index (χ3v) is 5.57. The van der Waals surface area contributed by atoms with Crippen molar-refractivity contribution in [3.05, 3.63) is 77.9 Å². The Labute approximate surface area is 168 Å². The highest BCUT2D eigenvalue weighted by Gasteiger charge is 2.10. The van der Waals surface area contributed by atoms with Gasteiger partial charge in [-0.3, -0.25) is 10.1 Å². The summed E-state index contributed by atoms with van der Waals surface area (Å²) in [4.78, 5) is 21.2. The van der Waals surface area contributed by atoms with Crippen LogP contribution >= 0.6 is 11.3 Å². The van der Waals surface area contributed by atoms with Gasteiger partial charge in [-0.15, -0.1) is 0 Å². The molecule has 0 radical (unpaired) electrons. The van der Waals surface area contributed by atoms with Crippen molar-refractivity contribution in [3.63, 3.8) is 0 Å². The Hall–Kier alpha value is -2.99. The predicted octanol–water partition coefficient (Wildman–Crippen LogP) is 5.14. The number of carbonyl (C=O) groups is 1. The summed E-state index contributed by atoms with van der Waals surface area (Å²) in [6.07, 6.45) is 8.90. The molecule has 0 bridgehead atoms. The number of hydrogen-bond donors (Lipinski definition) is 1. The largest absolute Gasteiger partial charge is 0.333 e. The molecule has 0 aliphatic carbocycles. The number of aromatic nitrogens is 3. The number of fused-ring (bicyclic) bond motifs is 1. The molecule has 2 aromatic carbocycles. The third-order valence-electron chi connectivity index (χ3n) is 4.63. The van der Waals surface area contributed by atoms with Crippen LogP contribution in [0.25, 0.3) is 10.2 Å². The quantitative estimate of drug-likeness (QED) is 0.475. The minimum Gasteiger partial charge on any atom is -0.333 e. The molecular formula is C22H22N4OS. The first kappa shape index (κ1) is 18.4. The van der Waals surface area contributed by atoms with Gasteiger partial charge in [-0.25, -0.2) is 9.97 Å². The lowest BCUT2D eigenvalue weighted by Gasteiger charge is -2.05. The molecule has 0 aliphatic rings. The summed E-state index contributed by atoms with van der Waals surface area (Å²) >= 11 is 1.52. The van der Waals surface area contributed by atoms with Gasteiger partial charge in [-0.2, -0.15) is 0 Å².